The third kappa shape index (κ3) is 3.04. The third-order valence-corrected chi connectivity index (χ3v) is 8.08. The Balaban J connectivity index is 1.15. The van der Waals surface area contributed by atoms with Gasteiger partial charge in [-0.3, -0.25) is 14.5 Å². The molecule has 4 aliphatic carbocycles. The summed E-state index contributed by atoms with van der Waals surface area (Å²) in [6.07, 6.45) is 9.77. The minimum Gasteiger partial charge on any atom is -0.338 e. The zero-order valence-electron chi connectivity index (χ0n) is 17.7. The fraction of sp³-hybridized carbons (Fsp3) is 0.682. The largest absolute Gasteiger partial charge is 0.338 e. The van der Waals surface area contributed by atoms with Gasteiger partial charge >= 0.3 is 17.8 Å². The van der Waals surface area contributed by atoms with Gasteiger partial charge in [-0.2, -0.15) is 0 Å². The van der Waals surface area contributed by atoms with E-state index in [1.54, 1.807) is 18.5 Å². The summed E-state index contributed by atoms with van der Waals surface area (Å²) >= 11 is 0. The van der Waals surface area contributed by atoms with Gasteiger partial charge in [-0.05, 0) is 62.3 Å². The van der Waals surface area contributed by atoms with E-state index >= 15 is 0 Å². The zero-order chi connectivity index (χ0) is 21.2. The Morgan fingerprint density at radius 1 is 0.839 bits per heavy atom. The average Bonchev–Trinajstić information content (AvgIpc) is 2.97. The third-order valence-electron chi connectivity index (χ3n) is 8.08. The summed E-state index contributed by atoms with van der Waals surface area (Å²) in [5.74, 6) is 1.23. The predicted octanol–water partition coefficient (Wildman–Crippen LogP) is 1.32. The molecule has 4 amide bonds. The summed E-state index contributed by atoms with van der Waals surface area (Å²) in [6.45, 7) is 2.97. The summed E-state index contributed by atoms with van der Waals surface area (Å²) in [4.78, 5) is 54.5. The van der Waals surface area contributed by atoms with Gasteiger partial charge in [-0.25, -0.2) is 24.6 Å². The SMILES string of the molecule is O=C1C(=O)N(C23CC4CC(CC(C4)C2)C3)C(=O)N1CN1CCN(c2ncccn2)CC1. The van der Waals surface area contributed by atoms with Gasteiger partial charge in [0.25, 0.3) is 0 Å². The lowest BCUT2D eigenvalue weighted by atomic mass is 9.52. The van der Waals surface area contributed by atoms with Gasteiger partial charge < -0.3 is 4.90 Å². The number of hydrogen-bond donors (Lipinski definition) is 0. The summed E-state index contributed by atoms with van der Waals surface area (Å²) < 4.78 is 0. The van der Waals surface area contributed by atoms with Crippen LogP contribution >= 0.6 is 0 Å². The van der Waals surface area contributed by atoms with Crippen molar-refractivity contribution in [2.75, 3.05) is 37.7 Å². The van der Waals surface area contributed by atoms with E-state index < -0.39 is 23.4 Å². The van der Waals surface area contributed by atoms with Crippen LogP contribution in [0.1, 0.15) is 38.5 Å². The highest BCUT2D eigenvalue weighted by molar-refractivity contribution is 6.44. The summed E-state index contributed by atoms with van der Waals surface area (Å²) in [5, 5.41) is 0. The molecule has 6 aliphatic rings. The van der Waals surface area contributed by atoms with E-state index in [1.807, 2.05) is 0 Å². The first-order chi connectivity index (χ1) is 15.0. The van der Waals surface area contributed by atoms with Crippen LogP contribution in [0, 0.1) is 17.8 Å². The molecule has 31 heavy (non-hydrogen) atoms. The van der Waals surface area contributed by atoms with Crippen molar-refractivity contribution in [3.05, 3.63) is 18.5 Å². The van der Waals surface area contributed by atoms with E-state index in [9.17, 15) is 14.4 Å². The van der Waals surface area contributed by atoms with Crippen LogP contribution in [0.4, 0.5) is 10.7 Å². The second kappa shape index (κ2) is 6.98. The van der Waals surface area contributed by atoms with Crippen molar-refractivity contribution in [3.63, 3.8) is 0 Å². The quantitative estimate of drug-likeness (QED) is 0.532. The van der Waals surface area contributed by atoms with Gasteiger partial charge in [-0.15, -0.1) is 0 Å². The number of amides is 4. The molecule has 0 N–H and O–H groups in total. The smallest absolute Gasteiger partial charge is 0.335 e. The molecule has 4 bridgehead atoms. The van der Waals surface area contributed by atoms with E-state index in [4.69, 9.17) is 0 Å². The predicted molar refractivity (Wildman–Crippen MR) is 111 cm³/mol. The molecule has 9 heteroatoms. The van der Waals surface area contributed by atoms with E-state index in [2.05, 4.69) is 19.8 Å². The molecule has 3 heterocycles. The number of nitrogens with zero attached hydrogens (tertiary/aromatic N) is 6. The van der Waals surface area contributed by atoms with Crippen LogP contribution in [0.15, 0.2) is 18.5 Å². The molecule has 2 aliphatic heterocycles. The highest BCUT2D eigenvalue weighted by Gasteiger charge is 2.61. The normalized spacial score (nSPS) is 35.5. The first kappa shape index (κ1) is 19.2. The molecule has 9 nitrogen and oxygen atoms in total. The molecule has 0 atom stereocenters. The topological polar surface area (TPSA) is 90.0 Å². The molecule has 164 valence electrons. The van der Waals surface area contributed by atoms with Gasteiger partial charge in [0.15, 0.2) is 0 Å². The Morgan fingerprint density at radius 3 is 2.00 bits per heavy atom. The highest BCUT2D eigenvalue weighted by Crippen LogP contribution is 2.58. The number of carbonyl (C=O) groups excluding carboxylic acids is 3. The van der Waals surface area contributed by atoms with Crippen molar-refractivity contribution in [2.45, 2.75) is 44.1 Å². The maximum atomic E-state index is 13.4. The van der Waals surface area contributed by atoms with Crippen LogP contribution in [0.2, 0.25) is 0 Å². The van der Waals surface area contributed by atoms with Gasteiger partial charge in [0.1, 0.15) is 0 Å². The fourth-order valence-electron chi connectivity index (χ4n) is 7.13. The van der Waals surface area contributed by atoms with Crippen molar-refractivity contribution in [3.8, 4) is 0 Å². The van der Waals surface area contributed by atoms with Crippen LogP contribution in [-0.2, 0) is 9.59 Å². The fourth-order valence-corrected chi connectivity index (χ4v) is 7.13. The van der Waals surface area contributed by atoms with Crippen molar-refractivity contribution >= 4 is 23.8 Å². The minimum absolute atomic E-state index is 0.176. The number of piperazine rings is 1. The molecule has 2 saturated heterocycles. The lowest BCUT2D eigenvalue weighted by Crippen LogP contribution is -2.62. The number of urea groups is 1. The van der Waals surface area contributed by atoms with Crippen molar-refractivity contribution < 1.29 is 14.4 Å². The van der Waals surface area contributed by atoms with Gasteiger partial charge in [0.2, 0.25) is 5.95 Å². The Kier molecular flexibility index (Phi) is 4.31. The van der Waals surface area contributed by atoms with Crippen molar-refractivity contribution in [2.24, 2.45) is 17.8 Å². The maximum absolute atomic E-state index is 13.4. The van der Waals surface area contributed by atoms with Crippen LogP contribution in [0.25, 0.3) is 0 Å². The molecule has 1 aromatic rings. The summed E-state index contributed by atoms with van der Waals surface area (Å²) in [7, 11) is 0. The summed E-state index contributed by atoms with van der Waals surface area (Å²) in [5.41, 5.74) is -0.420. The lowest BCUT2D eigenvalue weighted by molar-refractivity contribution is -0.150. The monoisotopic (exact) mass is 424 g/mol. The minimum atomic E-state index is -0.658. The van der Waals surface area contributed by atoms with Crippen LogP contribution in [0.3, 0.4) is 0 Å². The van der Waals surface area contributed by atoms with E-state index in [0.29, 0.717) is 49.9 Å². The number of rotatable bonds is 4. The Hall–Kier alpha value is -2.55. The maximum Gasteiger partial charge on any atom is 0.335 e. The molecular formula is C22H28N6O3. The number of aromatic nitrogens is 2. The summed E-state index contributed by atoms with van der Waals surface area (Å²) in [6, 6.07) is 1.39. The van der Waals surface area contributed by atoms with Crippen molar-refractivity contribution in [1.82, 2.24) is 24.7 Å². The highest BCUT2D eigenvalue weighted by atomic mass is 16.2. The molecule has 0 unspecified atom stereocenters. The number of imide groups is 2. The van der Waals surface area contributed by atoms with Crippen molar-refractivity contribution in [1.29, 1.82) is 0 Å². The molecule has 0 radical (unpaired) electrons. The average molecular weight is 425 g/mol. The number of anilines is 1. The molecule has 4 saturated carbocycles. The van der Waals surface area contributed by atoms with Crippen LogP contribution in [0.5, 0.6) is 0 Å². The molecule has 0 spiro atoms. The van der Waals surface area contributed by atoms with Crippen LogP contribution in [-0.4, -0.2) is 80.9 Å². The van der Waals surface area contributed by atoms with E-state index in [1.165, 1.54) is 29.1 Å². The molecular weight excluding hydrogens is 396 g/mol. The first-order valence-corrected chi connectivity index (χ1v) is 11.5. The Bertz CT molecular complexity index is 878. The first-order valence-electron chi connectivity index (χ1n) is 11.5. The van der Waals surface area contributed by atoms with Crippen LogP contribution < -0.4 is 4.90 Å². The number of carbonyl (C=O) groups is 3. The van der Waals surface area contributed by atoms with Gasteiger partial charge in [0, 0.05) is 38.6 Å². The van der Waals surface area contributed by atoms with E-state index in [0.717, 1.165) is 19.3 Å². The van der Waals surface area contributed by atoms with E-state index in [-0.39, 0.29) is 6.67 Å². The second-order valence-corrected chi connectivity index (χ2v) is 10.1. The number of hydrogen-bond acceptors (Lipinski definition) is 7. The molecule has 7 rings (SSSR count). The Morgan fingerprint density at radius 2 is 1.42 bits per heavy atom. The molecule has 6 fully saturated rings. The zero-order valence-corrected chi connectivity index (χ0v) is 17.7. The van der Waals surface area contributed by atoms with Gasteiger partial charge in [0.05, 0.1) is 12.2 Å². The second-order valence-electron chi connectivity index (χ2n) is 10.1. The van der Waals surface area contributed by atoms with Gasteiger partial charge in [-0.1, -0.05) is 0 Å². The molecule has 1 aromatic heterocycles. The lowest BCUT2D eigenvalue weighted by Gasteiger charge is -2.58. The Labute approximate surface area is 181 Å². The standard InChI is InChI=1S/C22H28N6O3/c29-18-19(30)28(22-11-15-8-16(12-22)10-17(9-15)13-22)21(31)27(18)14-25-4-6-26(7-5-25)20-23-2-1-3-24-20/h1-3,15-17H,4-14H2. The molecule has 0 aromatic carbocycles.